The van der Waals surface area contributed by atoms with E-state index in [0.717, 1.165) is 22.6 Å². The Balaban J connectivity index is 2.03. The van der Waals surface area contributed by atoms with Gasteiger partial charge in [0, 0.05) is 10.8 Å². The predicted octanol–water partition coefficient (Wildman–Crippen LogP) is 1.23. The molecule has 100 valence electrons. The lowest BCUT2D eigenvalue weighted by atomic mass is 10.2. The van der Waals surface area contributed by atoms with Gasteiger partial charge in [-0.2, -0.15) is 0 Å². The molecule has 0 aromatic carbocycles. The molecule has 1 aliphatic rings. The number of thiophene rings is 1. The SMILES string of the molecule is CC(NC(=O)C1CC1C)c1ccc(S(N)(=O)=O)s1. The van der Waals surface area contributed by atoms with Crippen LogP contribution in [0.3, 0.4) is 0 Å². The third-order valence-corrected chi connectivity index (χ3v) is 5.82. The van der Waals surface area contributed by atoms with Crippen LogP contribution in [0.4, 0.5) is 0 Å². The Morgan fingerprint density at radius 1 is 1.56 bits per heavy atom. The van der Waals surface area contributed by atoms with Gasteiger partial charge in [-0.1, -0.05) is 6.92 Å². The van der Waals surface area contributed by atoms with E-state index in [-0.39, 0.29) is 22.1 Å². The van der Waals surface area contributed by atoms with Crippen LogP contribution in [0.15, 0.2) is 16.3 Å². The van der Waals surface area contributed by atoms with Crippen LogP contribution in [-0.2, 0) is 14.8 Å². The summed E-state index contributed by atoms with van der Waals surface area (Å²) in [4.78, 5) is 12.5. The Labute approximate surface area is 110 Å². The summed E-state index contributed by atoms with van der Waals surface area (Å²) in [6.45, 7) is 3.88. The van der Waals surface area contributed by atoms with Gasteiger partial charge in [-0.3, -0.25) is 4.79 Å². The molecule has 3 unspecified atom stereocenters. The second-order valence-corrected chi connectivity index (χ2v) is 7.66. The zero-order chi connectivity index (χ0) is 13.5. The van der Waals surface area contributed by atoms with Gasteiger partial charge in [0.25, 0.3) is 0 Å². The number of rotatable bonds is 4. The molecule has 1 aromatic heterocycles. The van der Waals surface area contributed by atoms with E-state index in [4.69, 9.17) is 5.14 Å². The van der Waals surface area contributed by atoms with E-state index in [2.05, 4.69) is 5.32 Å². The summed E-state index contributed by atoms with van der Waals surface area (Å²) in [6.07, 6.45) is 0.936. The minimum Gasteiger partial charge on any atom is -0.349 e. The molecular weight excluding hydrogens is 272 g/mol. The molecule has 2 rings (SSSR count). The van der Waals surface area contributed by atoms with Crippen molar-refractivity contribution in [1.82, 2.24) is 5.32 Å². The Morgan fingerprint density at radius 3 is 2.61 bits per heavy atom. The number of sulfonamides is 1. The van der Waals surface area contributed by atoms with Crippen molar-refractivity contribution in [2.24, 2.45) is 17.0 Å². The van der Waals surface area contributed by atoms with Crippen molar-refractivity contribution in [2.75, 3.05) is 0 Å². The third-order valence-electron chi connectivity index (χ3n) is 3.11. The number of primary sulfonamides is 1. The minimum absolute atomic E-state index is 0.0422. The van der Waals surface area contributed by atoms with Crippen molar-refractivity contribution in [2.45, 2.75) is 30.5 Å². The van der Waals surface area contributed by atoms with E-state index >= 15 is 0 Å². The fourth-order valence-corrected chi connectivity index (χ4v) is 3.55. The molecule has 0 radical (unpaired) electrons. The maximum Gasteiger partial charge on any atom is 0.247 e. The fourth-order valence-electron chi connectivity index (χ4n) is 1.80. The molecular formula is C11H16N2O3S2. The molecule has 1 heterocycles. The largest absolute Gasteiger partial charge is 0.349 e. The zero-order valence-electron chi connectivity index (χ0n) is 10.2. The molecule has 0 spiro atoms. The van der Waals surface area contributed by atoms with Gasteiger partial charge in [-0.05, 0) is 31.4 Å². The second-order valence-electron chi connectivity index (χ2n) is 4.75. The third kappa shape index (κ3) is 2.90. The van der Waals surface area contributed by atoms with Crippen LogP contribution in [0.25, 0.3) is 0 Å². The van der Waals surface area contributed by atoms with E-state index in [1.807, 2.05) is 13.8 Å². The second kappa shape index (κ2) is 4.64. The van der Waals surface area contributed by atoms with Crippen molar-refractivity contribution in [3.05, 3.63) is 17.0 Å². The quantitative estimate of drug-likeness (QED) is 0.873. The lowest BCUT2D eigenvalue weighted by Gasteiger charge is -2.11. The van der Waals surface area contributed by atoms with Crippen molar-refractivity contribution in [1.29, 1.82) is 0 Å². The average Bonchev–Trinajstić information content (AvgIpc) is 2.80. The van der Waals surface area contributed by atoms with E-state index in [1.54, 1.807) is 6.07 Å². The van der Waals surface area contributed by atoms with Crippen LogP contribution in [-0.4, -0.2) is 14.3 Å². The van der Waals surface area contributed by atoms with E-state index < -0.39 is 10.0 Å². The summed E-state index contributed by atoms with van der Waals surface area (Å²) >= 11 is 1.10. The van der Waals surface area contributed by atoms with Gasteiger partial charge < -0.3 is 5.32 Å². The summed E-state index contributed by atoms with van der Waals surface area (Å²) in [6, 6.07) is 2.97. The van der Waals surface area contributed by atoms with Crippen LogP contribution in [0.1, 0.15) is 31.2 Å². The molecule has 1 aromatic rings. The van der Waals surface area contributed by atoms with Crippen LogP contribution in [0.5, 0.6) is 0 Å². The highest BCUT2D eigenvalue weighted by atomic mass is 32.2. The first kappa shape index (κ1) is 13.5. The topological polar surface area (TPSA) is 89.3 Å². The molecule has 3 atom stereocenters. The molecule has 1 aliphatic carbocycles. The number of carbonyl (C=O) groups is 1. The predicted molar refractivity (Wildman–Crippen MR) is 69.5 cm³/mol. The summed E-state index contributed by atoms with van der Waals surface area (Å²) in [7, 11) is -3.65. The van der Waals surface area contributed by atoms with Crippen LogP contribution in [0, 0.1) is 11.8 Å². The molecule has 18 heavy (non-hydrogen) atoms. The van der Waals surface area contributed by atoms with Gasteiger partial charge in [0.05, 0.1) is 6.04 Å². The molecule has 7 heteroatoms. The molecule has 1 saturated carbocycles. The Morgan fingerprint density at radius 2 is 2.17 bits per heavy atom. The zero-order valence-corrected chi connectivity index (χ0v) is 11.8. The van der Waals surface area contributed by atoms with E-state index in [1.165, 1.54) is 6.07 Å². The molecule has 1 fully saturated rings. The van der Waals surface area contributed by atoms with Crippen LogP contribution < -0.4 is 10.5 Å². The Kier molecular flexibility index (Phi) is 3.48. The number of nitrogens with one attached hydrogen (secondary N) is 1. The minimum atomic E-state index is -3.65. The standard InChI is InChI=1S/C11H16N2O3S2/c1-6-5-8(6)11(14)13-7(2)9-3-4-10(17-9)18(12,15)16/h3-4,6-8H,5H2,1-2H3,(H,13,14)(H2,12,15,16). The van der Waals surface area contributed by atoms with E-state index in [0.29, 0.717) is 5.92 Å². The van der Waals surface area contributed by atoms with Crippen molar-refractivity contribution in [3.8, 4) is 0 Å². The maximum atomic E-state index is 11.8. The number of amides is 1. The molecule has 0 bridgehead atoms. The average molecular weight is 288 g/mol. The molecule has 0 saturated heterocycles. The fraction of sp³-hybridized carbons (Fsp3) is 0.545. The highest BCUT2D eigenvalue weighted by Gasteiger charge is 2.39. The summed E-state index contributed by atoms with van der Waals surface area (Å²) in [5.74, 6) is 0.617. The highest BCUT2D eigenvalue weighted by Crippen LogP contribution is 2.38. The lowest BCUT2D eigenvalue weighted by molar-refractivity contribution is -0.123. The van der Waals surface area contributed by atoms with Gasteiger partial charge in [0.2, 0.25) is 15.9 Å². The van der Waals surface area contributed by atoms with Gasteiger partial charge in [0.15, 0.2) is 0 Å². The number of hydrogen-bond acceptors (Lipinski definition) is 4. The van der Waals surface area contributed by atoms with Gasteiger partial charge >= 0.3 is 0 Å². The van der Waals surface area contributed by atoms with Gasteiger partial charge in [-0.15, -0.1) is 11.3 Å². The van der Waals surface area contributed by atoms with Gasteiger partial charge in [0.1, 0.15) is 4.21 Å². The van der Waals surface area contributed by atoms with Crippen LogP contribution >= 0.6 is 11.3 Å². The first-order chi connectivity index (χ1) is 8.29. The summed E-state index contributed by atoms with van der Waals surface area (Å²) < 4.78 is 22.4. The van der Waals surface area contributed by atoms with Crippen LogP contribution in [0.2, 0.25) is 0 Å². The lowest BCUT2D eigenvalue weighted by Crippen LogP contribution is -2.27. The van der Waals surface area contributed by atoms with Crippen molar-refractivity contribution < 1.29 is 13.2 Å². The van der Waals surface area contributed by atoms with E-state index in [9.17, 15) is 13.2 Å². The van der Waals surface area contributed by atoms with Crippen molar-refractivity contribution in [3.63, 3.8) is 0 Å². The first-order valence-electron chi connectivity index (χ1n) is 5.72. The normalized spacial score (nSPS) is 24.6. The number of nitrogens with two attached hydrogens (primary N) is 1. The number of hydrogen-bond donors (Lipinski definition) is 2. The summed E-state index contributed by atoms with van der Waals surface area (Å²) in [5.41, 5.74) is 0. The van der Waals surface area contributed by atoms with Gasteiger partial charge in [-0.25, -0.2) is 13.6 Å². The highest BCUT2D eigenvalue weighted by molar-refractivity contribution is 7.91. The maximum absolute atomic E-state index is 11.8. The molecule has 0 aliphatic heterocycles. The Bertz CT molecular complexity index is 565. The Hall–Kier alpha value is -0.920. The van der Waals surface area contributed by atoms with Crippen molar-refractivity contribution >= 4 is 27.3 Å². The molecule has 3 N–H and O–H groups in total. The molecule has 1 amide bonds. The first-order valence-corrected chi connectivity index (χ1v) is 8.08. The number of carbonyl (C=O) groups excluding carboxylic acids is 1. The summed E-state index contributed by atoms with van der Waals surface area (Å²) in [5, 5.41) is 7.93. The molecule has 5 nitrogen and oxygen atoms in total. The monoisotopic (exact) mass is 288 g/mol. The smallest absolute Gasteiger partial charge is 0.247 e.